The Morgan fingerprint density at radius 3 is 2.44 bits per heavy atom. The lowest BCUT2D eigenvalue weighted by molar-refractivity contribution is 0.386. The zero-order chi connectivity index (χ0) is 13.1. The van der Waals surface area contributed by atoms with E-state index in [1.54, 1.807) is 7.05 Å². The molecular formula is C14H18F3N. The van der Waals surface area contributed by atoms with Gasteiger partial charge in [0.05, 0.1) is 0 Å². The largest absolute Gasteiger partial charge is 0.313 e. The molecule has 1 atom stereocenters. The average Bonchev–Trinajstić information content (AvgIpc) is 2.87. The monoisotopic (exact) mass is 257 g/mol. The zero-order valence-corrected chi connectivity index (χ0v) is 10.5. The van der Waals surface area contributed by atoms with E-state index in [2.05, 4.69) is 5.32 Å². The summed E-state index contributed by atoms with van der Waals surface area (Å²) in [5, 5.41) is 3.00. The van der Waals surface area contributed by atoms with E-state index < -0.39 is 17.5 Å². The van der Waals surface area contributed by atoms with Crippen LogP contribution in [-0.2, 0) is 0 Å². The maximum absolute atomic E-state index is 13.7. The van der Waals surface area contributed by atoms with Gasteiger partial charge in [-0.15, -0.1) is 0 Å². The molecule has 1 fully saturated rings. The first-order valence-corrected chi connectivity index (χ1v) is 6.44. The Morgan fingerprint density at radius 1 is 1.17 bits per heavy atom. The van der Waals surface area contributed by atoms with Crippen LogP contribution >= 0.6 is 0 Å². The fraction of sp³-hybridized carbons (Fsp3) is 0.571. The molecule has 1 saturated carbocycles. The Balaban J connectivity index is 2.18. The summed E-state index contributed by atoms with van der Waals surface area (Å²) in [5.41, 5.74) is 0.225. The van der Waals surface area contributed by atoms with Crippen LogP contribution in [-0.4, -0.2) is 7.05 Å². The predicted octanol–water partition coefficient (Wildman–Crippen LogP) is 3.94. The fourth-order valence-corrected chi connectivity index (χ4v) is 2.79. The number of rotatable bonds is 4. The van der Waals surface area contributed by atoms with Crippen molar-refractivity contribution in [1.29, 1.82) is 0 Å². The van der Waals surface area contributed by atoms with Crippen LogP contribution in [0.5, 0.6) is 0 Å². The molecule has 18 heavy (non-hydrogen) atoms. The van der Waals surface area contributed by atoms with E-state index in [4.69, 9.17) is 0 Å². The Kier molecular flexibility index (Phi) is 4.27. The van der Waals surface area contributed by atoms with Crippen molar-refractivity contribution in [3.8, 4) is 0 Å². The molecule has 0 aliphatic heterocycles. The molecule has 1 aliphatic carbocycles. The molecule has 1 aromatic rings. The van der Waals surface area contributed by atoms with Crippen molar-refractivity contribution in [3.63, 3.8) is 0 Å². The minimum absolute atomic E-state index is 0.225. The van der Waals surface area contributed by atoms with Crippen LogP contribution in [0.25, 0.3) is 0 Å². The molecular weight excluding hydrogens is 239 g/mol. The Labute approximate surface area is 105 Å². The number of nitrogens with one attached hydrogen (secondary N) is 1. The van der Waals surface area contributed by atoms with Gasteiger partial charge < -0.3 is 5.32 Å². The topological polar surface area (TPSA) is 12.0 Å². The molecule has 1 nitrogen and oxygen atoms in total. The molecule has 0 heterocycles. The number of halogens is 3. The van der Waals surface area contributed by atoms with Gasteiger partial charge in [-0.25, -0.2) is 13.2 Å². The minimum atomic E-state index is -1.38. The minimum Gasteiger partial charge on any atom is -0.313 e. The van der Waals surface area contributed by atoms with E-state index in [0.717, 1.165) is 25.3 Å². The molecule has 0 radical (unpaired) electrons. The van der Waals surface area contributed by atoms with E-state index in [9.17, 15) is 13.2 Å². The first kappa shape index (κ1) is 13.4. The molecule has 0 spiro atoms. The third-order valence-electron chi connectivity index (χ3n) is 3.83. The summed E-state index contributed by atoms with van der Waals surface area (Å²) in [5.74, 6) is -3.02. The summed E-state index contributed by atoms with van der Waals surface area (Å²) < 4.78 is 39.8. The van der Waals surface area contributed by atoms with Crippen molar-refractivity contribution in [2.24, 2.45) is 5.92 Å². The van der Waals surface area contributed by atoms with Crippen molar-refractivity contribution >= 4 is 0 Å². The van der Waals surface area contributed by atoms with Crippen molar-refractivity contribution in [1.82, 2.24) is 5.32 Å². The second-order valence-corrected chi connectivity index (χ2v) is 4.99. The molecule has 100 valence electrons. The third-order valence-corrected chi connectivity index (χ3v) is 3.83. The van der Waals surface area contributed by atoms with Gasteiger partial charge in [0, 0.05) is 11.6 Å². The van der Waals surface area contributed by atoms with Crippen LogP contribution in [0, 0.1) is 23.4 Å². The summed E-state index contributed by atoms with van der Waals surface area (Å²) in [6.07, 6.45) is 5.48. The standard InChI is InChI=1S/C14H18F3N/c1-18-12(8-9-4-2-3-5-9)10-6-7-11(15)14(17)13(10)16/h6-7,9,12,18H,2-5,8H2,1H3. The molecule has 1 aromatic carbocycles. The summed E-state index contributed by atoms with van der Waals surface area (Å²) >= 11 is 0. The van der Waals surface area contributed by atoms with Gasteiger partial charge in [0.25, 0.3) is 0 Å². The quantitative estimate of drug-likeness (QED) is 0.805. The van der Waals surface area contributed by atoms with Gasteiger partial charge in [-0.3, -0.25) is 0 Å². The van der Waals surface area contributed by atoms with Crippen LogP contribution in [0.2, 0.25) is 0 Å². The highest BCUT2D eigenvalue weighted by Crippen LogP contribution is 2.34. The van der Waals surface area contributed by atoms with Crippen LogP contribution in [0.3, 0.4) is 0 Å². The number of hydrogen-bond acceptors (Lipinski definition) is 1. The predicted molar refractivity (Wildman–Crippen MR) is 64.7 cm³/mol. The second-order valence-electron chi connectivity index (χ2n) is 4.99. The molecule has 0 aromatic heterocycles. The third kappa shape index (κ3) is 2.69. The van der Waals surface area contributed by atoms with Gasteiger partial charge in [0.2, 0.25) is 0 Å². The maximum Gasteiger partial charge on any atom is 0.194 e. The molecule has 0 saturated heterocycles. The van der Waals surface area contributed by atoms with Gasteiger partial charge in [-0.2, -0.15) is 0 Å². The Morgan fingerprint density at radius 2 is 1.83 bits per heavy atom. The van der Waals surface area contributed by atoms with Crippen LogP contribution in [0.15, 0.2) is 12.1 Å². The zero-order valence-electron chi connectivity index (χ0n) is 10.5. The van der Waals surface area contributed by atoms with Gasteiger partial charge >= 0.3 is 0 Å². The first-order valence-electron chi connectivity index (χ1n) is 6.44. The van der Waals surface area contributed by atoms with Crippen LogP contribution < -0.4 is 5.32 Å². The summed E-state index contributed by atoms with van der Waals surface area (Å²) in [6.45, 7) is 0. The van der Waals surface area contributed by atoms with E-state index in [0.29, 0.717) is 5.92 Å². The first-order chi connectivity index (χ1) is 8.63. The molecule has 1 unspecified atom stereocenters. The average molecular weight is 257 g/mol. The van der Waals surface area contributed by atoms with Crippen molar-refractivity contribution in [3.05, 3.63) is 35.1 Å². The summed E-state index contributed by atoms with van der Waals surface area (Å²) in [4.78, 5) is 0. The van der Waals surface area contributed by atoms with Gasteiger partial charge in [0.15, 0.2) is 17.5 Å². The van der Waals surface area contributed by atoms with Crippen molar-refractivity contribution < 1.29 is 13.2 Å². The maximum atomic E-state index is 13.7. The highest BCUT2D eigenvalue weighted by molar-refractivity contribution is 5.23. The van der Waals surface area contributed by atoms with Gasteiger partial charge in [-0.1, -0.05) is 31.7 Å². The lowest BCUT2D eigenvalue weighted by atomic mass is 9.93. The van der Waals surface area contributed by atoms with Gasteiger partial charge in [-0.05, 0) is 25.5 Å². The SMILES string of the molecule is CNC(CC1CCCC1)c1ccc(F)c(F)c1F. The van der Waals surface area contributed by atoms with E-state index in [1.807, 2.05) is 0 Å². The lowest BCUT2D eigenvalue weighted by Gasteiger charge is -2.21. The Hall–Kier alpha value is -1.03. The lowest BCUT2D eigenvalue weighted by Crippen LogP contribution is -2.21. The number of hydrogen-bond donors (Lipinski definition) is 1. The highest BCUT2D eigenvalue weighted by Gasteiger charge is 2.24. The normalized spacial score (nSPS) is 18.2. The molecule has 0 amide bonds. The second kappa shape index (κ2) is 5.74. The van der Waals surface area contributed by atoms with Gasteiger partial charge in [0.1, 0.15) is 0 Å². The van der Waals surface area contributed by atoms with E-state index >= 15 is 0 Å². The fourth-order valence-electron chi connectivity index (χ4n) is 2.79. The highest BCUT2D eigenvalue weighted by atomic mass is 19.2. The Bertz CT molecular complexity index is 414. The van der Waals surface area contributed by atoms with Crippen LogP contribution in [0.1, 0.15) is 43.7 Å². The van der Waals surface area contributed by atoms with Crippen molar-refractivity contribution in [2.75, 3.05) is 7.05 Å². The summed E-state index contributed by atoms with van der Waals surface area (Å²) in [6, 6.07) is 2.08. The smallest absolute Gasteiger partial charge is 0.194 e. The van der Waals surface area contributed by atoms with E-state index in [1.165, 1.54) is 18.9 Å². The number of benzene rings is 1. The van der Waals surface area contributed by atoms with Crippen molar-refractivity contribution in [2.45, 2.75) is 38.1 Å². The van der Waals surface area contributed by atoms with E-state index in [-0.39, 0.29) is 11.6 Å². The molecule has 0 bridgehead atoms. The molecule has 4 heteroatoms. The molecule has 1 aliphatic rings. The van der Waals surface area contributed by atoms with Crippen LogP contribution in [0.4, 0.5) is 13.2 Å². The molecule has 2 rings (SSSR count). The summed E-state index contributed by atoms with van der Waals surface area (Å²) in [7, 11) is 1.72. The molecule has 1 N–H and O–H groups in total.